The minimum Gasteiger partial charge on any atom is -0.481 e. The van der Waals surface area contributed by atoms with Crippen LogP contribution in [0.5, 0.6) is 0 Å². The fourth-order valence-corrected chi connectivity index (χ4v) is 3.25. The summed E-state index contributed by atoms with van der Waals surface area (Å²) in [7, 11) is 0. The molecular formula is C19H28N2O2. The molecule has 0 aromatic heterocycles. The Bertz CT molecular complexity index is 508. The molecule has 1 saturated carbocycles. The van der Waals surface area contributed by atoms with E-state index < -0.39 is 5.97 Å². The highest BCUT2D eigenvalue weighted by Crippen LogP contribution is 2.40. The fourth-order valence-electron chi connectivity index (χ4n) is 3.25. The standard InChI is InChI=1S/C11H17NO2.C8H11N/c1-2-9-6-8(4-3-5-12)7-10(9)11(13)14;1-7(9)8-5-3-2-4-6-8/h8-10H,2-4,6-7H2,1H3,(H,13,14);2-7H,9H2,1H3/t8-,9-,10+;7-/m10/s1. The Morgan fingerprint density at radius 1 is 1.39 bits per heavy atom. The van der Waals surface area contributed by atoms with Crippen molar-refractivity contribution >= 4 is 5.97 Å². The van der Waals surface area contributed by atoms with Crippen LogP contribution in [0, 0.1) is 29.1 Å². The van der Waals surface area contributed by atoms with Crippen LogP contribution in [0.1, 0.15) is 57.6 Å². The van der Waals surface area contributed by atoms with E-state index in [1.54, 1.807) is 0 Å². The number of nitrogens with zero attached hydrogens (tertiary/aromatic N) is 1. The van der Waals surface area contributed by atoms with E-state index >= 15 is 0 Å². The molecule has 0 aliphatic heterocycles. The maximum atomic E-state index is 10.9. The van der Waals surface area contributed by atoms with Crippen LogP contribution in [0.4, 0.5) is 0 Å². The molecule has 3 N–H and O–H groups in total. The molecule has 1 aromatic rings. The van der Waals surface area contributed by atoms with Gasteiger partial charge in [0, 0.05) is 12.5 Å². The molecule has 0 bridgehead atoms. The molecule has 0 radical (unpaired) electrons. The van der Waals surface area contributed by atoms with Gasteiger partial charge >= 0.3 is 5.97 Å². The Morgan fingerprint density at radius 2 is 2.04 bits per heavy atom. The van der Waals surface area contributed by atoms with Crippen LogP contribution in [0.3, 0.4) is 0 Å². The van der Waals surface area contributed by atoms with Gasteiger partial charge in [-0.1, -0.05) is 43.7 Å². The molecule has 0 spiro atoms. The Morgan fingerprint density at radius 3 is 2.43 bits per heavy atom. The number of rotatable bonds is 5. The lowest BCUT2D eigenvalue weighted by Gasteiger charge is -2.11. The fraction of sp³-hybridized carbons (Fsp3) is 0.579. The Balaban J connectivity index is 0.000000253. The summed E-state index contributed by atoms with van der Waals surface area (Å²) in [6.07, 6.45) is 4.15. The molecule has 2 rings (SSSR count). The van der Waals surface area contributed by atoms with Gasteiger partial charge in [-0.3, -0.25) is 4.79 Å². The van der Waals surface area contributed by atoms with Gasteiger partial charge in [0.1, 0.15) is 0 Å². The second-order valence-corrected chi connectivity index (χ2v) is 6.35. The summed E-state index contributed by atoms with van der Waals surface area (Å²) in [5.41, 5.74) is 6.81. The number of aliphatic carboxylic acids is 1. The summed E-state index contributed by atoms with van der Waals surface area (Å²) in [6, 6.07) is 12.3. The SMILES string of the molecule is CC[C@@H]1C[C@@H](CCC#N)C[C@@H]1C(=O)O.C[C@H](N)c1ccccc1. The van der Waals surface area contributed by atoms with Gasteiger partial charge in [-0.2, -0.15) is 5.26 Å². The van der Waals surface area contributed by atoms with E-state index in [9.17, 15) is 4.79 Å². The first-order chi connectivity index (χ1) is 11.0. The molecular weight excluding hydrogens is 288 g/mol. The van der Waals surface area contributed by atoms with Crippen LogP contribution >= 0.6 is 0 Å². The first kappa shape index (κ1) is 19.2. The van der Waals surface area contributed by atoms with E-state index in [-0.39, 0.29) is 12.0 Å². The van der Waals surface area contributed by atoms with E-state index in [0.717, 1.165) is 25.7 Å². The molecule has 0 amide bonds. The van der Waals surface area contributed by atoms with Crippen LogP contribution in [-0.4, -0.2) is 11.1 Å². The van der Waals surface area contributed by atoms with E-state index in [1.165, 1.54) is 5.56 Å². The molecule has 4 nitrogen and oxygen atoms in total. The Kier molecular flexibility index (Phi) is 8.36. The summed E-state index contributed by atoms with van der Waals surface area (Å²) < 4.78 is 0. The van der Waals surface area contributed by atoms with Gasteiger partial charge < -0.3 is 10.8 Å². The zero-order chi connectivity index (χ0) is 17.2. The number of carboxylic acids is 1. The third kappa shape index (κ3) is 6.42. The summed E-state index contributed by atoms with van der Waals surface area (Å²) in [6.45, 7) is 4.03. The van der Waals surface area contributed by atoms with Crippen molar-refractivity contribution in [2.24, 2.45) is 23.5 Å². The lowest BCUT2D eigenvalue weighted by molar-refractivity contribution is -0.143. The highest BCUT2D eigenvalue weighted by atomic mass is 16.4. The monoisotopic (exact) mass is 316 g/mol. The average Bonchev–Trinajstić information content (AvgIpc) is 2.98. The van der Waals surface area contributed by atoms with Crippen molar-refractivity contribution in [3.63, 3.8) is 0 Å². The maximum absolute atomic E-state index is 10.9. The van der Waals surface area contributed by atoms with Gasteiger partial charge in [-0.15, -0.1) is 0 Å². The lowest BCUT2D eigenvalue weighted by atomic mass is 9.94. The third-order valence-electron chi connectivity index (χ3n) is 4.62. The Hall–Kier alpha value is -1.86. The van der Waals surface area contributed by atoms with Crippen molar-refractivity contribution in [1.29, 1.82) is 5.26 Å². The lowest BCUT2D eigenvalue weighted by Crippen LogP contribution is -2.17. The number of carbonyl (C=O) groups is 1. The van der Waals surface area contributed by atoms with E-state index in [2.05, 4.69) is 6.07 Å². The Labute approximate surface area is 139 Å². The predicted molar refractivity (Wildman–Crippen MR) is 91.5 cm³/mol. The van der Waals surface area contributed by atoms with E-state index in [0.29, 0.717) is 18.3 Å². The second-order valence-electron chi connectivity index (χ2n) is 6.35. The smallest absolute Gasteiger partial charge is 0.306 e. The number of nitriles is 1. The van der Waals surface area contributed by atoms with Crippen LogP contribution in [0.2, 0.25) is 0 Å². The zero-order valence-electron chi connectivity index (χ0n) is 14.1. The minimum atomic E-state index is -0.656. The highest BCUT2D eigenvalue weighted by Gasteiger charge is 2.37. The van der Waals surface area contributed by atoms with Crippen LogP contribution < -0.4 is 5.73 Å². The summed E-state index contributed by atoms with van der Waals surface area (Å²) >= 11 is 0. The van der Waals surface area contributed by atoms with Crippen LogP contribution in [0.15, 0.2) is 30.3 Å². The van der Waals surface area contributed by atoms with Crippen molar-refractivity contribution in [1.82, 2.24) is 0 Å². The highest BCUT2D eigenvalue weighted by molar-refractivity contribution is 5.70. The van der Waals surface area contributed by atoms with Gasteiger partial charge in [0.25, 0.3) is 0 Å². The number of benzene rings is 1. The number of carboxylic acid groups (broad SMARTS) is 1. The first-order valence-electron chi connectivity index (χ1n) is 8.39. The van der Waals surface area contributed by atoms with Crippen molar-refractivity contribution in [2.75, 3.05) is 0 Å². The van der Waals surface area contributed by atoms with Crippen molar-refractivity contribution in [3.05, 3.63) is 35.9 Å². The molecule has 1 fully saturated rings. The van der Waals surface area contributed by atoms with Crippen LogP contribution in [-0.2, 0) is 4.79 Å². The van der Waals surface area contributed by atoms with Gasteiger partial charge in [0.05, 0.1) is 12.0 Å². The molecule has 1 aliphatic carbocycles. The minimum absolute atomic E-state index is 0.159. The number of hydrogen-bond acceptors (Lipinski definition) is 3. The van der Waals surface area contributed by atoms with Gasteiger partial charge in [0.2, 0.25) is 0 Å². The predicted octanol–water partition coefficient (Wildman–Crippen LogP) is 4.13. The van der Waals surface area contributed by atoms with Gasteiger partial charge in [-0.05, 0) is 43.6 Å². The quantitative estimate of drug-likeness (QED) is 0.855. The van der Waals surface area contributed by atoms with Gasteiger partial charge in [0.15, 0.2) is 0 Å². The van der Waals surface area contributed by atoms with Gasteiger partial charge in [-0.25, -0.2) is 0 Å². The van der Waals surface area contributed by atoms with Crippen LogP contribution in [0.25, 0.3) is 0 Å². The summed E-state index contributed by atoms with van der Waals surface area (Å²) in [5.74, 6) is -0.0307. The molecule has 0 unspecified atom stereocenters. The second kappa shape index (κ2) is 10.0. The molecule has 126 valence electrons. The maximum Gasteiger partial charge on any atom is 0.306 e. The number of hydrogen-bond donors (Lipinski definition) is 2. The molecule has 1 aliphatic rings. The molecule has 0 saturated heterocycles. The number of nitrogens with two attached hydrogens (primary N) is 1. The summed E-state index contributed by atoms with van der Waals surface area (Å²) in [4.78, 5) is 10.9. The average molecular weight is 316 g/mol. The largest absolute Gasteiger partial charge is 0.481 e. The topological polar surface area (TPSA) is 87.1 Å². The third-order valence-corrected chi connectivity index (χ3v) is 4.62. The summed E-state index contributed by atoms with van der Waals surface area (Å²) in [5, 5.41) is 17.5. The molecule has 1 aromatic carbocycles. The van der Waals surface area contributed by atoms with Crippen molar-refractivity contribution < 1.29 is 9.90 Å². The van der Waals surface area contributed by atoms with E-state index in [4.69, 9.17) is 16.1 Å². The van der Waals surface area contributed by atoms with Crippen molar-refractivity contribution in [3.8, 4) is 6.07 Å². The molecule has 4 heteroatoms. The van der Waals surface area contributed by atoms with Crippen molar-refractivity contribution in [2.45, 2.75) is 52.0 Å². The molecule has 4 atom stereocenters. The zero-order valence-corrected chi connectivity index (χ0v) is 14.1. The van der Waals surface area contributed by atoms with E-state index in [1.807, 2.05) is 44.2 Å². The first-order valence-corrected chi connectivity index (χ1v) is 8.39. The normalized spacial score (nSPS) is 24.2. The molecule has 0 heterocycles. The molecule has 23 heavy (non-hydrogen) atoms.